The maximum atomic E-state index is 6.13. The van der Waals surface area contributed by atoms with E-state index in [-0.39, 0.29) is 0 Å². The number of benzene rings is 1. The van der Waals surface area contributed by atoms with Crippen LogP contribution in [0.4, 0.5) is 0 Å². The van der Waals surface area contributed by atoms with E-state index in [0.29, 0.717) is 11.6 Å². The Bertz CT molecular complexity index is 524. The van der Waals surface area contributed by atoms with E-state index in [9.17, 15) is 0 Å². The van der Waals surface area contributed by atoms with E-state index in [1.54, 1.807) is 18.4 Å². The van der Waals surface area contributed by atoms with E-state index < -0.39 is 0 Å². The van der Waals surface area contributed by atoms with Crippen molar-refractivity contribution >= 4 is 33.2 Å². The Labute approximate surface area is 103 Å². The number of nitrogens with two attached hydrogens (primary N) is 1. The van der Waals surface area contributed by atoms with Gasteiger partial charge in [-0.1, -0.05) is 11.6 Å². The Morgan fingerprint density at radius 1 is 1.56 bits per heavy atom. The summed E-state index contributed by atoms with van der Waals surface area (Å²) in [5.74, 6) is 0.727. The molecule has 0 aliphatic rings. The summed E-state index contributed by atoms with van der Waals surface area (Å²) in [5, 5.41) is 1.74. The molecule has 0 amide bonds. The number of aromatic nitrogens is 1. The van der Waals surface area contributed by atoms with Gasteiger partial charge in [0.05, 0.1) is 16.8 Å². The van der Waals surface area contributed by atoms with Crippen molar-refractivity contribution in [2.45, 2.75) is 13.3 Å². The summed E-state index contributed by atoms with van der Waals surface area (Å²) >= 11 is 7.77. The molecule has 1 aromatic heterocycles. The molecule has 0 bridgehead atoms. The molecular weight excluding hydrogens is 244 g/mol. The van der Waals surface area contributed by atoms with E-state index in [4.69, 9.17) is 22.1 Å². The van der Waals surface area contributed by atoms with Gasteiger partial charge in [0.25, 0.3) is 0 Å². The van der Waals surface area contributed by atoms with Crippen molar-refractivity contribution in [2.24, 2.45) is 5.73 Å². The third kappa shape index (κ3) is 1.88. The number of fused-ring (bicyclic) bond motifs is 1. The summed E-state index contributed by atoms with van der Waals surface area (Å²) in [4.78, 5) is 4.53. The number of methoxy groups -OCH3 is 1. The molecule has 0 fully saturated rings. The van der Waals surface area contributed by atoms with Crippen molar-refractivity contribution in [2.75, 3.05) is 13.7 Å². The van der Waals surface area contributed by atoms with Crippen LogP contribution >= 0.6 is 22.9 Å². The lowest BCUT2D eigenvalue weighted by Gasteiger charge is -2.04. The Hall–Kier alpha value is -0.840. The van der Waals surface area contributed by atoms with Gasteiger partial charge in [0, 0.05) is 17.5 Å². The van der Waals surface area contributed by atoms with Gasteiger partial charge < -0.3 is 10.5 Å². The molecule has 0 saturated heterocycles. The molecule has 0 atom stereocenters. The largest absolute Gasteiger partial charge is 0.494 e. The first-order valence-electron chi connectivity index (χ1n) is 5.00. The van der Waals surface area contributed by atoms with Crippen LogP contribution in [-0.4, -0.2) is 18.6 Å². The highest BCUT2D eigenvalue weighted by molar-refractivity contribution is 7.18. The highest BCUT2D eigenvalue weighted by Crippen LogP contribution is 2.36. The van der Waals surface area contributed by atoms with Gasteiger partial charge in [-0.05, 0) is 19.0 Å². The zero-order chi connectivity index (χ0) is 11.7. The SMILES string of the molecule is COc1cc(Cl)c(C)c2sc(CCN)nc12. The van der Waals surface area contributed by atoms with Crippen molar-refractivity contribution < 1.29 is 4.74 Å². The highest BCUT2D eigenvalue weighted by Gasteiger charge is 2.13. The molecular formula is C11H13ClN2OS. The normalized spacial score (nSPS) is 11.0. The molecule has 0 unspecified atom stereocenters. The van der Waals surface area contributed by atoms with Crippen LogP contribution < -0.4 is 10.5 Å². The standard InChI is InChI=1S/C11H13ClN2OS/c1-6-7(12)5-8(15-2)10-11(6)16-9(14-10)3-4-13/h5H,3-4,13H2,1-2H3. The summed E-state index contributed by atoms with van der Waals surface area (Å²) in [6.45, 7) is 2.60. The second-order valence-corrected chi connectivity index (χ2v) is 5.00. The van der Waals surface area contributed by atoms with Crippen molar-refractivity contribution in [3.63, 3.8) is 0 Å². The highest BCUT2D eigenvalue weighted by atomic mass is 35.5. The molecule has 5 heteroatoms. The summed E-state index contributed by atoms with van der Waals surface area (Å²) < 4.78 is 6.37. The monoisotopic (exact) mass is 256 g/mol. The van der Waals surface area contributed by atoms with E-state index in [0.717, 1.165) is 33.0 Å². The fraction of sp³-hybridized carbons (Fsp3) is 0.364. The summed E-state index contributed by atoms with van der Waals surface area (Å²) in [6.07, 6.45) is 0.791. The molecule has 0 aliphatic heterocycles. The van der Waals surface area contributed by atoms with E-state index in [1.807, 2.05) is 13.0 Å². The van der Waals surface area contributed by atoms with Gasteiger partial charge in [0.2, 0.25) is 0 Å². The Morgan fingerprint density at radius 3 is 2.94 bits per heavy atom. The lowest BCUT2D eigenvalue weighted by atomic mass is 10.2. The van der Waals surface area contributed by atoms with Crippen LogP contribution in [0.5, 0.6) is 5.75 Å². The van der Waals surface area contributed by atoms with Crippen LogP contribution in [0.2, 0.25) is 5.02 Å². The quantitative estimate of drug-likeness (QED) is 0.919. The molecule has 0 radical (unpaired) electrons. The Morgan fingerprint density at radius 2 is 2.31 bits per heavy atom. The second-order valence-electron chi connectivity index (χ2n) is 3.51. The fourth-order valence-electron chi connectivity index (χ4n) is 1.57. The number of nitrogens with zero attached hydrogens (tertiary/aromatic N) is 1. The third-order valence-electron chi connectivity index (χ3n) is 2.44. The van der Waals surface area contributed by atoms with Gasteiger partial charge in [-0.25, -0.2) is 4.98 Å². The van der Waals surface area contributed by atoms with Crippen LogP contribution in [0.3, 0.4) is 0 Å². The minimum absolute atomic E-state index is 0.606. The van der Waals surface area contributed by atoms with Crippen LogP contribution in [0.15, 0.2) is 6.07 Å². The number of halogens is 1. The summed E-state index contributed by atoms with van der Waals surface area (Å²) in [6, 6.07) is 1.81. The van der Waals surface area contributed by atoms with Gasteiger partial charge in [-0.15, -0.1) is 11.3 Å². The maximum Gasteiger partial charge on any atom is 0.147 e. The van der Waals surface area contributed by atoms with Crippen molar-refractivity contribution in [3.05, 3.63) is 21.7 Å². The molecule has 0 aliphatic carbocycles. The molecule has 1 heterocycles. The number of ether oxygens (including phenoxy) is 1. The Balaban J connectivity index is 2.68. The average Bonchev–Trinajstić information content (AvgIpc) is 2.68. The second kappa shape index (κ2) is 4.57. The summed E-state index contributed by atoms with van der Waals surface area (Å²) in [5.41, 5.74) is 7.47. The lowest BCUT2D eigenvalue weighted by molar-refractivity contribution is 0.419. The van der Waals surface area contributed by atoms with Crippen LogP contribution in [0.25, 0.3) is 10.2 Å². The molecule has 2 aromatic rings. The number of thiazole rings is 1. The van der Waals surface area contributed by atoms with E-state index >= 15 is 0 Å². The smallest absolute Gasteiger partial charge is 0.147 e. The summed E-state index contributed by atoms with van der Waals surface area (Å²) in [7, 11) is 1.63. The molecule has 86 valence electrons. The molecule has 1 aromatic carbocycles. The molecule has 0 saturated carbocycles. The zero-order valence-electron chi connectivity index (χ0n) is 9.21. The van der Waals surface area contributed by atoms with Crippen LogP contribution in [0.1, 0.15) is 10.6 Å². The van der Waals surface area contributed by atoms with Gasteiger partial charge in [0.1, 0.15) is 11.3 Å². The number of aryl methyl sites for hydroxylation is 1. The Kier molecular flexibility index (Phi) is 3.33. The number of rotatable bonds is 3. The van der Waals surface area contributed by atoms with Crippen molar-refractivity contribution in [1.82, 2.24) is 4.98 Å². The predicted molar refractivity (Wildman–Crippen MR) is 68.7 cm³/mol. The third-order valence-corrected chi connectivity index (χ3v) is 4.07. The molecule has 0 spiro atoms. The van der Waals surface area contributed by atoms with Crippen molar-refractivity contribution in [1.29, 1.82) is 0 Å². The van der Waals surface area contributed by atoms with Gasteiger partial charge in [0.15, 0.2) is 0 Å². The molecule has 2 rings (SSSR count). The first kappa shape index (κ1) is 11.6. The zero-order valence-corrected chi connectivity index (χ0v) is 10.8. The minimum atomic E-state index is 0.606. The van der Waals surface area contributed by atoms with Gasteiger partial charge >= 0.3 is 0 Å². The van der Waals surface area contributed by atoms with Crippen LogP contribution in [-0.2, 0) is 6.42 Å². The van der Waals surface area contributed by atoms with E-state index in [1.165, 1.54) is 0 Å². The van der Waals surface area contributed by atoms with E-state index in [2.05, 4.69) is 4.98 Å². The average molecular weight is 257 g/mol. The molecule has 3 nitrogen and oxygen atoms in total. The van der Waals surface area contributed by atoms with Crippen LogP contribution in [0, 0.1) is 6.92 Å². The minimum Gasteiger partial charge on any atom is -0.494 e. The number of hydrogen-bond acceptors (Lipinski definition) is 4. The van der Waals surface area contributed by atoms with Crippen molar-refractivity contribution in [3.8, 4) is 5.75 Å². The van der Waals surface area contributed by atoms with Gasteiger partial charge in [-0.2, -0.15) is 0 Å². The number of hydrogen-bond donors (Lipinski definition) is 1. The first-order chi connectivity index (χ1) is 7.67. The first-order valence-corrected chi connectivity index (χ1v) is 6.19. The molecule has 2 N–H and O–H groups in total. The lowest BCUT2D eigenvalue weighted by Crippen LogP contribution is -2.01. The predicted octanol–water partition coefficient (Wildman–Crippen LogP) is 2.77. The topological polar surface area (TPSA) is 48.1 Å². The maximum absolute atomic E-state index is 6.13. The molecule has 16 heavy (non-hydrogen) atoms. The fourth-order valence-corrected chi connectivity index (χ4v) is 2.92. The van der Waals surface area contributed by atoms with Gasteiger partial charge in [-0.3, -0.25) is 0 Å².